The maximum atomic E-state index is 14.6. The molecule has 4 aromatic rings. The molecule has 0 amide bonds. The van der Waals surface area contributed by atoms with Gasteiger partial charge in [-0.3, -0.25) is 4.79 Å². The first-order valence-corrected chi connectivity index (χ1v) is 13.3. The number of ketones is 1. The number of hydrogen-bond donors (Lipinski definition) is 0. The largest absolute Gasteiger partial charge is 0.298 e. The van der Waals surface area contributed by atoms with E-state index in [1.165, 1.54) is 11.1 Å². The van der Waals surface area contributed by atoms with Gasteiger partial charge in [-0.2, -0.15) is 0 Å². The summed E-state index contributed by atoms with van der Waals surface area (Å²) in [5, 5.41) is 0. The Morgan fingerprint density at radius 2 is 0.824 bits per heavy atom. The molecule has 34 heavy (non-hydrogen) atoms. The quantitative estimate of drug-likeness (QED) is 0.191. The van der Waals surface area contributed by atoms with E-state index in [0.717, 1.165) is 22.3 Å². The van der Waals surface area contributed by atoms with Gasteiger partial charge in [-0.1, -0.05) is 152 Å². The first-order valence-electron chi connectivity index (χ1n) is 11.5. The molecule has 0 bridgehead atoms. The van der Waals surface area contributed by atoms with Crippen molar-refractivity contribution in [3.63, 3.8) is 0 Å². The van der Waals surface area contributed by atoms with Crippen molar-refractivity contribution in [2.75, 3.05) is 0 Å². The van der Waals surface area contributed by atoms with Gasteiger partial charge in [-0.15, -0.1) is 0 Å². The number of Topliss-reactive ketones (excluding diaryl/α,β-unsaturated/α-hetero) is 1. The number of hydrogen-bond acceptors (Lipinski definition) is 1. The van der Waals surface area contributed by atoms with Crippen molar-refractivity contribution < 1.29 is 4.79 Å². The number of rotatable bonds is 8. The maximum Gasteiger partial charge on any atom is 0.150 e. The van der Waals surface area contributed by atoms with Crippen LogP contribution in [0.3, 0.4) is 0 Å². The second kappa shape index (κ2) is 11.3. The number of carbonyl (C=O) groups excluding carboxylic acids is 1. The molecule has 0 aromatic heterocycles. The second-order valence-electron chi connectivity index (χ2n) is 8.80. The van der Waals surface area contributed by atoms with E-state index in [1.54, 1.807) is 0 Å². The molecule has 4 unspecified atom stereocenters. The Bertz CT molecular complexity index is 1110. The van der Waals surface area contributed by atoms with Gasteiger partial charge in [0.25, 0.3) is 0 Å². The Morgan fingerprint density at radius 1 is 0.500 bits per heavy atom. The van der Waals surface area contributed by atoms with Gasteiger partial charge in [-0.25, -0.2) is 0 Å². The van der Waals surface area contributed by atoms with Crippen LogP contribution >= 0.6 is 31.9 Å². The SMILES string of the molecule is Cc1ccc(C(C(=O)C(c2ccc(C)cc2)C(Br)c2ccccc2)C(Br)c2ccccc2)cc1. The molecule has 0 saturated carbocycles. The Kier molecular flexibility index (Phi) is 8.18. The Labute approximate surface area is 219 Å². The molecule has 0 fully saturated rings. The topological polar surface area (TPSA) is 17.1 Å². The smallest absolute Gasteiger partial charge is 0.150 e. The van der Waals surface area contributed by atoms with Crippen molar-refractivity contribution in [2.45, 2.75) is 35.3 Å². The van der Waals surface area contributed by atoms with Crippen molar-refractivity contribution in [3.05, 3.63) is 143 Å². The van der Waals surface area contributed by atoms with Gasteiger partial charge in [0.1, 0.15) is 0 Å². The fourth-order valence-corrected chi connectivity index (χ4v) is 6.10. The van der Waals surface area contributed by atoms with Gasteiger partial charge in [0, 0.05) is 0 Å². The molecule has 0 radical (unpaired) electrons. The average molecular weight is 576 g/mol. The highest BCUT2D eigenvalue weighted by atomic mass is 79.9. The molecule has 4 aromatic carbocycles. The molecule has 4 atom stereocenters. The van der Waals surface area contributed by atoms with Crippen LogP contribution in [0.1, 0.15) is 54.9 Å². The summed E-state index contributed by atoms with van der Waals surface area (Å²) in [6.45, 7) is 4.14. The van der Waals surface area contributed by atoms with Gasteiger partial charge in [0.2, 0.25) is 0 Å². The lowest BCUT2D eigenvalue weighted by Crippen LogP contribution is -2.26. The molecule has 4 rings (SSSR count). The van der Waals surface area contributed by atoms with Crippen LogP contribution in [0.2, 0.25) is 0 Å². The molecule has 0 N–H and O–H groups in total. The molecule has 0 heterocycles. The third-order valence-electron chi connectivity index (χ3n) is 6.31. The van der Waals surface area contributed by atoms with Crippen molar-refractivity contribution in [1.82, 2.24) is 0 Å². The number of carbonyl (C=O) groups is 1. The zero-order valence-corrected chi connectivity index (χ0v) is 22.5. The lowest BCUT2D eigenvalue weighted by Gasteiger charge is -2.30. The third-order valence-corrected chi connectivity index (χ3v) is 8.42. The summed E-state index contributed by atoms with van der Waals surface area (Å²) in [4.78, 5) is 14.3. The van der Waals surface area contributed by atoms with E-state index in [1.807, 2.05) is 36.4 Å². The van der Waals surface area contributed by atoms with Gasteiger partial charge >= 0.3 is 0 Å². The zero-order chi connectivity index (χ0) is 24.1. The van der Waals surface area contributed by atoms with Crippen molar-refractivity contribution in [1.29, 1.82) is 0 Å². The number of benzene rings is 4. The molecule has 0 saturated heterocycles. The van der Waals surface area contributed by atoms with Crippen LogP contribution in [0, 0.1) is 13.8 Å². The normalized spacial score (nSPS) is 14.7. The molecule has 0 aliphatic carbocycles. The summed E-state index contributed by atoms with van der Waals surface area (Å²) >= 11 is 7.86. The number of halogens is 2. The fourth-order valence-electron chi connectivity index (χ4n) is 4.35. The van der Waals surface area contributed by atoms with E-state index < -0.39 is 0 Å². The van der Waals surface area contributed by atoms with Crippen LogP contribution < -0.4 is 0 Å². The van der Waals surface area contributed by atoms with Crippen LogP contribution in [0.15, 0.2) is 109 Å². The Hall–Kier alpha value is -2.49. The molecule has 1 nitrogen and oxygen atoms in total. The number of aryl methyl sites for hydroxylation is 2. The summed E-state index contributed by atoms with van der Waals surface area (Å²) in [7, 11) is 0. The highest BCUT2D eigenvalue weighted by molar-refractivity contribution is 9.09. The highest BCUT2D eigenvalue weighted by Gasteiger charge is 2.38. The van der Waals surface area contributed by atoms with Crippen molar-refractivity contribution in [2.24, 2.45) is 0 Å². The monoisotopic (exact) mass is 574 g/mol. The van der Waals surface area contributed by atoms with Crippen molar-refractivity contribution >= 4 is 37.6 Å². The van der Waals surface area contributed by atoms with Crippen LogP contribution in [0.25, 0.3) is 0 Å². The standard InChI is InChI=1S/C31H28Br2O/c1-21-13-17-23(18-14-21)27(29(32)25-9-5-3-6-10-25)31(34)28(24-19-15-22(2)16-20-24)30(33)26-11-7-4-8-12-26/h3-20,27-30H,1-2H3. The predicted molar refractivity (Wildman–Crippen MR) is 149 cm³/mol. The lowest BCUT2D eigenvalue weighted by molar-refractivity contribution is -0.122. The molecule has 3 heteroatoms. The first-order chi connectivity index (χ1) is 16.5. The second-order valence-corrected chi connectivity index (χ2v) is 10.8. The average Bonchev–Trinajstić information content (AvgIpc) is 2.87. The van der Waals surface area contributed by atoms with Gasteiger partial charge in [0.05, 0.1) is 21.5 Å². The highest BCUT2D eigenvalue weighted by Crippen LogP contribution is 2.47. The summed E-state index contributed by atoms with van der Waals surface area (Å²) in [6.07, 6.45) is 0. The van der Waals surface area contributed by atoms with E-state index in [9.17, 15) is 4.79 Å². The summed E-state index contributed by atoms with van der Waals surface area (Å²) in [6, 6.07) is 37.1. The Morgan fingerprint density at radius 3 is 1.15 bits per heavy atom. The summed E-state index contributed by atoms with van der Waals surface area (Å²) in [5.74, 6) is -0.514. The van der Waals surface area contributed by atoms with E-state index in [2.05, 4.69) is 119 Å². The number of alkyl halides is 2. The molecular weight excluding hydrogens is 548 g/mol. The fraction of sp³-hybridized carbons (Fsp3) is 0.194. The van der Waals surface area contributed by atoms with E-state index >= 15 is 0 Å². The molecular formula is C31H28Br2O. The van der Waals surface area contributed by atoms with Gasteiger partial charge in [0.15, 0.2) is 5.78 Å². The maximum absolute atomic E-state index is 14.6. The molecule has 0 spiro atoms. The van der Waals surface area contributed by atoms with E-state index in [0.29, 0.717) is 0 Å². The van der Waals surface area contributed by atoms with Crippen LogP contribution in [-0.2, 0) is 4.79 Å². The minimum Gasteiger partial charge on any atom is -0.298 e. The van der Waals surface area contributed by atoms with Crippen LogP contribution in [0.5, 0.6) is 0 Å². The van der Waals surface area contributed by atoms with Crippen LogP contribution in [-0.4, -0.2) is 5.78 Å². The zero-order valence-electron chi connectivity index (χ0n) is 19.4. The minimum atomic E-state index is -0.349. The molecule has 0 aliphatic rings. The summed E-state index contributed by atoms with van der Waals surface area (Å²) < 4.78 is 0. The third kappa shape index (κ3) is 5.59. The predicted octanol–water partition coefficient (Wildman–Crippen LogP) is 9.01. The molecule has 0 aliphatic heterocycles. The molecule has 172 valence electrons. The Balaban J connectivity index is 1.83. The van der Waals surface area contributed by atoms with Gasteiger partial charge < -0.3 is 0 Å². The summed E-state index contributed by atoms with van der Waals surface area (Å²) in [5.41, 5.74) is 6.58. The lowest BCUT2D eigenvalue weighted by atomic mass is 9.77. The first kappa shape index (κ1) is 24.6. The van der Waals surface area contributed by atoms with E-state index in [-0.39, 0.29) is 27.3 Å². The minimum absolute atomic E-state index is 0.146. The van der Waals surface area contributed by atoms with E-state index in [4.69, 9.17) is 0 Å². The van der Waals surface area contributed by atoms with Crippen molar-refractivity contribution in [3.8, 4) is 0 Å². The van der Waals surface area contributed by atoms with Gasteiger partial charge in [-0.05, 0) is 36.1 Å². The van der Waals surface area contributed by atoms with Crippen LogP contribution in [0.4, 0.5) is 0 Å².